The van der Waals surface area contributed by atoms with E-state index in [2.05, 4.69) is 15.3 Å². The Morgan fingerprint density at radius 2 is 1.73 bits per heavy atom. The van der Waals surface area contributed by atoms with Gasteiger partial charge < -0.3 is 20.5 Å². The standard InChI is InChI=1S/C23H20N4O3/c1-29-17-10-15(14-3-6-25-7-4-14)9-16(11-17)27-20-5-8-26-21-13-22(30-2)19(23(24)28)12-18(20)21/h3-13H,1-2H3,(H2,24,28)(H,26,27). The Morgan fingerprint density at radius 1 is 0.933 bits per heavy atom. The molecule has 1 amide bonds. The van der Waals surface area contributed by atoms with Crippen molar-refractivity contribution in [3.8, 4) is 22.6 Å². The number of carbonyl (C=O) groups excluding carboxylic acids is 1. The predicted molar refractivity (Wildman–Crippen MR) is 116 cm³/mol. The monoisotopic (exact) mass is 400 g/mol. The average Bonchev–Trinajstić information content (AvgIpc) is 2.78. The van der Waals surface area contributed by atoms with Crippen LogP contribution in [0.3, 0.4) is 0 Å². The van der Waals surface area contributed by atoms with E-state index in [1.165, 1.54) is 7.11 Å². The highest BCUT2D eigenvalue weighted by atomic mass is 16.5. The summed E-state index contributed by atoms with van der Waals surface area (Å²) >= 11 is 0. The number of primary amides is 1. The van der Waals surface area contributed by atoms with E-state index in [0.717, 1.165) is 27.9 Å². The van der Waals surface area contributed by atoms with Gasteiger partial charge in [0.15, 0.2) is 0 Å². The SMILES string of the molecule is COc1cc(Nc2ccnc3cc(OC)c(C(N)=O)cc23)cc(-c2ccncc2)c1. The third-order valence-corrected chi connectivity index (χ3v) is 4.76. The third kappa shape index (κ3) is 3.73. The van der Waals surface area contributed by atoms with Crippen molar-refractivity contribution >= 4 is 28.2 Å². The number of rotatable bonds is 6. The topological polar surface area (TPSA) is 99.4 Å². The van der Waals surface area contributed by atoms with Crippen molar-refractivity contribution in [2.24, 2.45) is 5.73 Å². The number of amides is 1. The number of nitrogens with zero attached hydrogens (tertiary/aromatic N) is 2. The van der Waals surface area contributed by atoms with Crippen LogP contribution in [-0.2, 0) is 0 Å². The number of hydrogen-bond acceptors (Lipinski definition) is 6. The Hall–Kier alpha value is -4.13. The Bertz CT molecular complexity index is 1230. The molecule has 2 heterocycles. The zero-order chi connectivity index (χ0) is 21.1. The summed E-state index contributed by atoms with van der Waals surface area (Å²) in [6.45, 7) is 0. The normalized spacial score (nSPS) is 10.6. The Labute approximate surface area is 173 Å². The molecule has 0 fully saturated rings. The number of aromatic nitrogens is 2. The zero-order valence-electron chi connectivity index (χ0n) is 16.5. The van der Waals surface area contributed by atoms with E-state index >= 15 is 0 Å². The minimum absolute atomic E-state index is 0.296. The first-order chi connectivity index (χ1) is 14.6. The Morgan fingerprint density at radius 3 is 2.43 bits per heavy atom. The molecule has 2 aromatic carbocycles. The molecule has 7 heteroatoms. The molecule has 4 rings (SSSR count). The van der Waals surface area contributed by atoms with Crippen molar-refractivity contribution in [2.75, 3.05) is 19.5 Å². The molecule has 0 aliphatic carbocycles. The van der Waals surface area contributed by atoms with Gasteiger partial charge in [-0.25, -0.2) is 0 Å². The van der Waals surface area contributed by atoms with E-state index in [-0.39, 0.29) is 0 Å². The second-order valence-corrected chi connectivity index (χ2v) is 6.60. The molecule has 0 unspecified atom stereocenters. The van der Waals surface area contributed by atoms with E-state index in [9.17, 15) is 4.79 Å². The molecule has 150 valence electrons. The van der Waals surface area contributed by atoms with E-state index in [1.54, 1.807) is 37.8 Å². The molecule has 4 aromatic rings. The van der Waals surface area contributed by atoms with E-state index in [1.807, 2.05) is 36.4 Å². The van der Waals surface area contributed by atoms with Gasteiger partial charge in [0.1, 0.15) is 11.5 Å². The molecule has 0 atom stereocenters. The van der Waals surface area contributed by atoms with Crippen LogP contribution in [0.2, 0.25) is 0 Å². The lowest BCUT2D eigenvalue weighted by molar-refractivity contribution is 0.0997. The number of nitrogens with one attached hydrogen (secondary N) is 1. The molecule has 0 aliphatic heterocycles. The van der Waals surface area contributed by atoms with Crippen LogP contribution in [0.25, 0.3) is 22.0 Å². The number of fused-ring (bicyclic) bond motifs is 1. The van der Waals surface area contributed by atoms with Crippen molar-refractivity contribution in [2.45, 2.75) is 0 Å². The van der Waals surface area contributed by atoms with Gasteiger partial charge in [-0.3, -0.25) is 14.8 Å². The molecule has 0 saturated carbocycles. The lowest BCUT2D eigenvalue weighted by Gasteiger charge is -2.14. The number of anilines is 2. The Balaban J connectivity index is 1.81. The van der Waals surface area contributed by atoms with Crippen LogP contribution in [0, 0.1) is 0 Å². The first kappa shape index (κ1) is 19.2. The van der Waals surface area contributed by atoms with Crippen LogP contribution in [-0.4, -0.2) is 30.1 Å². The number of methoxy groups -OCH3 is 2. The fourth-order valence-electron chi connectivity index (χ4n) is 3.30. The quantitative estimate of drug-likeness (QED) is 0.504. The van der Waals surface area contributed by atoms with Gasteiger partial charge in [0.2, 0.25) is 0 Å². The van der Waals surface area contributed by atoms with Crippen molar-refractivity contribution in [3.05, 3.63) is 72.7 Å². The summed E-state index contributed by atoms with van der Waals surface area (Å²) in [4.78, 5) is 20.3. The van der Waals surface area contributed by atoms with Crippen molar-refractivity contribution < 1.29 is 14.3 Å². The molecule has 0 bridgehead atoms. The largest absolute Gasteiger partial charge is 0.497 e. The summed E-state index contributed by atoms with van der Waals surface area (Å²) in [7, 11) is 3.12. The second kappa shape index (κ2) is 8.08. The van der Waals surface area contributed by atoms with Crippen LogP contribution in [0.15, 0.2) is 67.1 Å². The number of ether oxygens (including phenoxy) is 2. The highest BCUT2D eigenvalue weighted by molar-refractivity contribution is 6.03. The first-order valence-electron chi connectivity index (χ1n) is 9.22. The number of hydrogen-bond donors (Lipinski definition) is 2. The van der Waals surface area contributed by atoms with Gasteiger partial charge in [-0.05, 0) is 47.5 Å². The molecule has 7 nitrogen and oxygen atoms in total. The molecule has 0 spiro atoms. The first-order valence-corrected chi connectivity index (χ1v) is 9.22. The smallest absolute Gasteiger partial charge is 0.252 e. The lowest BCUT2D eigenvalue weighted by Crippen LogP contribution is -2.12. The highest BCUT2D eigenvalue weighted by Crippen LogP contribution is 2.34. The van der Waals surface area contributed by atoms with Crippen molar-refractivity contribution in [1.29, 1.82) is 0 Å². The molecule has 0 saturated heterocycles. The molecular formula is C23H20N4O3. The van der Waals surface area contributed by atoms with Crippen molar-refractivity contribution in [1.82, 2.24) is 9.97 Å². The molecule has 0 aliphatic rings. The van der Waals surface area contributed by atoms with Gasteiger partial charge >= 0.3 is 0 Å². The van der Waals surface area contributed by atoms with Gasteiger partial charge in [0, 0.05) is 47.5 Å². The lowest BCUT2D eigenvalue weighted by atomic mass is 10.0. The van der Waals surface area contributed by atoms with E-state index < -0.39 is 5.91 Å². The van der Waals surface area contributed by atoms with Gasteiger partial charge in [0.05, 0.1) is 25.3 Å². The average molecular weight is 400 g/mol. The second-order valence-electron chi connectivity index (χ2n) is 6.60. The predicted octanol–water partition coefficient (Wildman–Crippen LogP) is 4.16. The summed E-state index contributed by atoms with van der Waals surface area (Å²) in [5.74, 6) is 0.538. The number of carbonyl (C=O) groups is 1. The van der Waals surface area contributed by atoms with Gasteiger partial charge in [-0.1, -0.05) is 0 Å². The maximum absolute atomic E-state index is 11.9. The van der Waals surface area contributed by atoms with Crippen LogP contribution in [0.5, 0.6) is 11.5 Å². The van der Waals surface area contributed by atoms with Crippen LogP contribution in [0.1, 0.15) is 10.4 Å². The molecule has 3 N–H and O–H groups in total. The zero-order valence-corrected chi connectivity index (χ0v) is 16.5. The summed E-state index contributed by atoms with van der Waals surface area (Å²) < 4.78 is 10.8. The molecular weight excluding hydrogens is 380 g/mol. The van der Waals surface area contributed by atoms with Crippen LogP contribution in [0.4, 0.5) is 11.4 Å². The minimum Gasteiger partial charge on any atom is -0.497 e. The van der Waals surface area contributed by atoms with E-state index in [0.29, 0.717) is 22.6 Å². The molecule has 2 aromatic heterocycles. The molecule has 30 heavy (non-hydrogen) atoms. The molecule has 0 radical (unpaired) electrons. The summed E-state index contributed by atoms with van der Waals surface area (Å²) in [6, 6.07) is 15.0. The number of benzene rings is 2. The van der Waals surface area contributed by atoms with Gasteiger partial charge in [-0.2, -0.15) is 0 Å². The fourth-order valence-corrected chi connectivity index (χ4v) is 3.30. The summed E-state index contributed by atoms with van der Waals surface area (Å²) in [6.07, 6.45) is 5.19. The van der Waals surface area contributed by atoms with Gasteiger partial charge in [-0.15, -0.1) is 0 Å². The number of nitrogens with two attached hydrogens (primary N) is 1. The minimum atomic E-state index is -0.565. The highest BCUT2D eigenvalue weighted by Gasteiger charge is 2.14. The maximum Gasteiger partial charge on any atom is 0.252 e. The van der Waals surface area contributed by atoms with Crippen LogP contribution >= 0.6 is 0 Å². The van der Waals surface area contributed by atoms with Crippen LogP contribution < -0.4 is 20.5 Å². The summed E-state index contributed by atoms with van der Waals surface area (Å²) in [5, 5.41) is 4.16. The maximum atomic E-state index is 11.9. The third-order valence-electron chi connectivity index (χ3n) is 4.76. The summed E-state index contributed by atoms with van der Waals surface area (Å²) in [5.41, 5.74) is 10.1. The number of pyridine rings is 2. The fraction of sp³-hybridized carbons (Fsp3) is 0.0870. The Kier molecular flexibility index (Phi) is 5.17. The van der Waals surface area contributed by atoms with E-state index in [4.69, 9.17) is 15.2 Å². The van der Waals surface area contributed by atoms with Crippen molar-refractivity contribution in [3.63, 3.8) is 0 Å². The van der Waals surface area contributed by atoms with Gasteiger partial charge in [0.25, 0.3) is 5.91 Å².